The van der Waals surface area contributed by atoms with Crippen LogP contribution < -0.4 is 9.64 Å². The van der Waals surface area contributed by atoms with Gasteiger partial charge in [-0.1, -0.05) is 0 Å². The summed E-state index contributed by atoms with van der Waals surface area (Å²) in [5.74, 6) is -4.80. The van der Waals surface area contributed by atoms with Crippen LogP contribution in [0.25, 0.3) is 0 Å². The van der Waals surface area contributed by atoms with Gasteiger partial charge in [0.1, 0.15) is 18.0 Å². The Bertz CT molecular complexity index is 1060. The Morgan fingerprint density at radius 1 is 1.02 bits per heavy atom. The number of ether oxygens (including phenoxy) is 2. The fraction of sp³-hybridized carbons (Fsp3) is 0.500. The molecule has 0 radical (unpaired) electrons. The van der Waals surface area contributed by atoms with Gasteiger partial charge in [-0.05, 0) is 32.9 Å². The maximum absolute atomic E-state index is 12.4. The van der Waals surface area contributed by atoms with Gasteiger partial charge in [0.15, 0.2) is 5.13 Å². The third-order valence-electron chi connectivity index (χ3n) is 4.36. The van der Waals surface area contributed by atoms with Gasteiger partial charge in [-0.3, -0.25) is 4.98 Å². The molecule has 0 spiro atoms. The van der Waals surface area contributed by atoms with Gasteiger partial charge in [0.05, 0.1) is 12.2 Å². The SMILES string of the molecule is CC(C)(C)OC(=O)N1CCN(c2nccs2)C(COc2cccnc2)C1.O=C(O)C(F)(F)F.O=C(O)C(F)(F)F. The van der Waals surface area contributed by atoms with Crippen LogP contribution in [-0.2, 0) is 14.3 Å². The molecule has 1 atom stereocenters. The van der Waals surface area contributed by atoms with Crippen molar-refractivity contribution in [1.82, 2.24) is 14.9 Å². The predicted molar refractivity (Wildman–Crippen MR) is 128 cm³/mol. The Hall–Kier alpha value is -3.83. The first-order chi connectivity index (χ1) is 18.3. The standard InChI is InChI=1S/C18H24N4O3S.2C2HF3O2/c1-18(2,3)25-17(23)21-8-9-22(16-20-7-10-26-16)14(12-21)13-24-15-5-4-6-19-11-15;2*3-2(4,5)1(6)7/h4-7,10-11,14H,8-9,12-13H2,1-3H3;2*(H,6,7). The third-order valence-corrected chi connectivity index (χ3v) is 5.17. The first kappa shape index (κ1) is 34.2. The number of piperazine rings is 1. The lowest BCUT2D eigenvalue weighted by atomic mass is 10.2. The Kier molecular flexibility index (Phi) is 12.4. The van der Waals surface area contributed by atoms with Crippen LogP contribution in [0.15, 0.2) is 36.1 Å². The number of thiazole rings is 1. The Balaban J connectivity index is 0.000000473. The summed E-state index contributed by atoms with van der Waals surface area (Å²) in [6.45, 7) is 7.87. The Morgan fingerprint density at radius 3 is 2.02 bits per heavy atom. The molecule has 2 aromatic heterocycles. The summed E-state index contributed by atoms with van der Waals surface area (Å²) < 4.78 is 74.9. The van der Waals surface area contributed by atoms with Crippen LogP contribution >= 0.6 is 11.3 Å². The van der Waals surface area contributed by atoms with Crippen LogP contribution in [0.1, 0.15) is 20.8 Å². The normalized spacial score (nSPS) is 15.6. The maximum Gasteiger partial charge on any atom is 0.490 e. The minimum Gasteiger partial charge on any atom is -0.490 e. The number of carboxylic acids is 2. The number of halogens is 6. The predicted octanol–water partition coefficient (Wildman–Crippen LogP) is 4.31. The zero-order valence-corrected chi connectivity index (χ0v) is 22.1. The summed E-state index contributed by atoms with van der Waals surface area (Å²) in [7, 11) is 0. The van der Waals surface area contributed by atoms with Gasteiger partial charge < -0.3 is 29.5 Å². The van der Waals surface area contributed by atoms with Gasteiger partial charge in [0.25, 0.3) is 0 Å². The zero-order valence-electron chi connectivity index (χ0n) is 21.3. The molecule has 0 aromatic carbocycles. The van der Waals surface area contributed by atoms with E-state index in [2.05, 4.69) is 14.9 Å². The number of hydrogen-bond donors (Lipinski definition) is 2. The van der Waals surface area contributed by atoms with Crippen LogP contribution in [-0.4, -0.2) is 93.3 Å². The van der Waals surface area contributed by atoms with Crippen LogP contribution in [0.2, 0.25) is 0 Å². The van der Waals surface area contributed by atoms with Gasteiger partial charge in [-0.25, -0.2) is 19.4 Å². The fourth-order valence-electron chi connectivity index (χ4n) is 2.72. The molecule has 40 heavy (non-hydrogen) atoms. The number of pyridine rings is 1. The number of carbonyl (C=O) groups excluding carboxylic acids is 1. The first-order valence-electron chi connectivity index (χ1n) is 11.1. The van der Waals surface area contributed by atoms with Gasteiger partial charge in [0, 0.05) is 37.4 Å². The van der Waals surface area contributed by atoms with Crippen molar-refractivity contribution >= 4 is 34.5 Å². The summed E-state index contributed by atoms with van der Waals surface area (Å²) in [6, 6.07) is 3.69. The molecule has 1 aliphatic rings. The molecule has 11 nitrogen and oxygen atoms in total. The highest BCUT2D eigenvalue weighted by atomic mass is 32.1. The van der Waals surface area contributed by atoms with Crippen molar-refractivity contribution in [2.75, 3.05) is 31.1 Å². The van der Waals surface area contributed by atoms with Gasteiger partial charge in [-0.2, -0.15) is 26.3 Å². The van der Waals surface area contributed by atoms with Crippen molar-refractivity contribution in [3.63, 3.8) is 0 Å². The summed E-state index contributed by atoms with van der Waals surface area (Å²) in [4.78, 5) is 42.7. The summed E-state index contributed by atoms with van der Waals surface area (Å²) >= 11 is 1.59. The lowest BCUT2D eigenvalue weighted by Crippen LogP contribution is -2.57. The van der Waals surface area contributed by atoms with E-state index in [9.17, 15) is 31.1 Å². The number of nitrogens with zero attached hydrogens (tertiary/aromatic N) is 4. The monoisotopic (exact) mass is 604 g/mol. The van der Waals surface area contributed by atoms with E-state index in [0.717, 1.165) is 5.13 Å². The highest BCUT2D eigenvalue weighted by Crippen LogP contribution is 2.24. The van der Waals surface area contributed by atoms with E-state index in [1.54, 1.807) is 34.8 Å². The van der Waals surface area contributed by atoms with Crippen molar-refractivity contribution < 1.29 is 60.4 Å². The van der Waals surface area contributed by atoms with Crippen LogP contribution in [0, 0.1) is 0 Å². The van der Waals surface area contributed by atoms with E-state index in [1.165, 1.54) is 0 Å². The molecule has 1 fully saturated rings. The van der Waals surface area contributed by atoms with Gasteiger partial charge >= 0.3 is 30.4 Å². The van der Waals surface area contributed by atoms with Crippen molar-refractivity contribution in [2.24, 2.45) is 0 Å². The van der Waals surface area contributed by atoms with E-state index >= 15 is 0 Å². The maximum atomic E-state index is 12.4. The van der Waals surface area contributed by atoms with Crippen LogP contribution in [0.5, 0.6) is 5.75 Å². The molecule has 3 rings (SSSR count). The number of aromatic nitrogens is 2. The number of alkyl halides is 6. The second-order valence-electron chi connectivity index (χ2n) is 8.69. The second kappa shape index (κ2) is 14.5. The number of anilines is 1. The van der Waals surface area contributed by atoms with E-state index in [1.807, 2.05) is 38.3 Å². The molecule has 1 aliphatic heterocycles. The van der Waals surface area contributed by atoms with E-state index < -0.39 is 29.9 Å². The molecule has 2 aromatic rings. The van der Waals surface area contributed by atoms with E-state index in [-0.39, 0.29) is 12.1 Å². The van der Waals surface area contributed by atoms with Crippen LogP contribution in [0.3, 0.4) is 0 Å². The smallest absolute Gasteiger partial charge is 0.490 e. The quantitative estimate of drug-likeness (QED) is 0.485. The fourth-order valence-corrected chi connectivity index (χ4v) is 3.47. The lowest BCUT2D eigenvalue weighted by Gasteiger charge is -2.41. The highest BCUT2D eigenvalue weighted by Gasteiger charge is 2.39. The molecular weight excluding hydrogens is 578 g/mol. The summed E-state index contributed by atoms with van der Waals surface area (Å²) in [6.07, 6.45) is -5.27. The Labute approximate surface area is 227 Å². The second-order valence-corrected chi connectivity index (χ2v) is 9.57. The summed E-state index contributed by atoms with van der Waals surface area (Å²) in [5, 5.41) is 17.1. The molecule has 3 heterocycles. The van der Waals surface area contributed by atoms with Crippen molar-refractivity contribution in [2.45, 2.75) is 44.8 Å². The molecule has 18 heteroatoms. The average Bonchev–Trinajstić information content (AvgIpc) is 3.36. The van der Waals surface area contributed by atoms with Crippen molar-refractivity contribution in [1.29, 1.82) is 0 Å². The van der Waals surface area contributed by atoms with E-state index in [0.29, 0.717) is 32.0 Å². The minimum absolute atomic E-state index is 0.0115. The molecule has 1 amide bonds. The number of carboxylic acid groups (broad SMARTS) is 2. The van der Waals surface area contributed by atoms with Crippen molar-refractivity contribution in [3.05, 3.63) is 36.1 Å². The number of hydrogen-bond acceptors (Lipinski definition) is 9. The summed E-state index contributed by atoms with van der Waals surface area (Å²) in [5.41, 5.74) is -0.509. The number of aliphatic carboxylic acids is 2. The van der Waals surface area contributed by atoms with E-state index in [4.69, 9.17) is 29.3 Å². The molecule has 1 saturated heterocycles. The minimum atomic E-state index is -5.08. The number of rotatable bonds is 4. The molecule has 0 bridgehead atoms. The topological polar surface area (TPSA) is 142 Å². The van der Waals surface area contributed by atoms with Gasteiger partial charge in [-0.15, -0.1) is 11.3 Å². The average molecular weight is 605 g/mol. The van der Waals surface area contributed by atoms with Crippen molar-refractivity contribution in [3.8, 4) is 5.75 Å². The van der Waals surface area contributed by atoms with Gasteiger partial charge in [0.2, 0.25) is 0 Å². The molecule has 0 aliphatic carbocycles. The molecule has 224 valence electrons. The molecule has 2 N–H and O–H groups in total. The zero-order chi connectivity index (χ0) is 30.7. The highest BCUT2D eigenvalue weighted by molar-refractivity contribution is 7.13. The lowest BCUT2D eigenvalue weighted by molar-refractivity contribution is -0.193. The first-order valence-corrected chi connectivity index (χ1v) is 12.0. The molecular formula is C22H26F6N4O7S. The molecule has 1 unspecified atom stereocenters. The van der Waals surface area contributed by atoms with Crippen LogP contribution in [0.4, 0.5) is 36.3 Å². The number of amides is 1. The Morgan fingerprint density at radius 2 is 1.60 bits per heavy atom. The number of carbonyl (C=O) groups is 3. The third kappa shape index (κ3) is 12.8. The molecule has 0 saturated carbocycles. The largest absolute Gasteiger partial charge is 0.490 e.